The van der Waals surface area contributed by atoms with Crippen LogP contribution in [-0.4, -0.2) is 33.7 Å². The first kappa shape index (κ1) is 18.1. The summed E-state index contributed by atoms with van der Waals surface area (Å²) in [5.74, 6) is 1.11. The molecule has 23 heavy (non-hydrogen) atoms. The molecule has 0 aliphatic rings. The molecule has 0 unspecified atom stereocenters. The van der Waals surface area contributed by atoms with Gasteiger partial charge in [-0.2, -0.15) is 0 Å². The molecule has 0 saturated heterocycles. The van der Waals surface area contributed by atoms with E-state index >= 15 is 0 Å². The molecule has 7 heteroatoms. The Bertz CT molecular complexity index is 820. The standard InChI is InChI=1S/C16H17Cl2NO3S/c1-19(2)10-11-8-13(23(3,20)21)5-7-16(11)22-12-4-6-14(17)15(18)9-12/h4-9H,10H2,1-3H3. The highest BCUT2D eigenvalue weighted by molar-refractivity contribution is 7.90. The Labute approximate surface area is 146 Å². The lowest BCUT2D eigenvalue weighted by Crippen LogP contribution is -2.12. The Morgan fingerprint density at radius 1 is 1.04 bits per heavy atom. The molecule has 0 amide bonds. The summed E-state index contributed by atoms with van der Waals surface area (Å²) in [5, 5.41) is 0.839. The van der Waals surface area contributed by atoms with Crippen molar-refractivity contribution in [1.82, 2.24) is 4.90 Å². The molecule has 0 N–H and O–H groups in total. The predicted octanol–water partition coefficient (Wildman–Crippen LogP) is 4.25. The molecule has 0 fully saturated rings. The van der Waals surface area contributed by atoms with E-state index < -0.39 is 9.84 Å². The van der Waals surface area contributed by atoms with E-state index in [-0.39, 0.29) is 4.90 Å². The van der Waals surface area contributed by atoms with Crippen LogP contribution in [0.3, 0.4) is 0 Å². The summed E-state index contributed by atoms with van der Waals surface area (Å²) >= 11 is 11.9. The normalized spacial score (nSPS) is 11.7. The third-order valence-electron chi connectivity index (χ3n) is 3.07. The molecule has 0 heterocycles. The van der Waals surface area contributed by atoms with E-state index in [9.17, 15) is 8.42 Å². The van der Waals surface area contributed by atoms with Gasteiger partial charge >= 0.3 is 0 Å². The molecule has 0 aliphatic heterocycles. The van der Waals surface area contributed by atoms with E-state index in [2.05, 4.69) is 0 Å². The van der Waals surface area contributed by atoms with Crippen molar-refractivity contribution >= 4 is 33.0 Å². The Balaban J connectivity index is 2.42. The van der Waals surface area contributed by atoms with Crippen molar-refractivity contribution in [2.24, 2.45) is 0 Å². The minimum Gasteiger partial charge on any atom is -0.457 e. The van der Waals surface area contributed by atoms with E-state index in [1.807, 2.05) is 19.0 Å². The minimum atomic E-state index is -3.28. The highest BCUT2D eigenvalue weighted by atomic mass is 35.5. The maximum absolute atomic E-state index is 11.7. The quantitative estimate of drug-likeness (QED) is 0.785. The van der Waals surface area contributed by atoms with E-state index in [4.69, 9.17) is 27.9 Å². The third-order valence-corrected chi connectivity index (χ3v) is 4.91. The van der Waals surface area contributed by atoms with Crippen LogP contribution < -0.4 is 4.74 Å². The van der Waals surface area contributed by atoms with E-state index in [0.717, 1.165) is 5.56 Å². The second-order valence-electron chi connectivity index (χ2n) is 5.46. The summed E-state index contributed by atoms with van der Waals surface area (Å²) in [4.78, 5) is 2.19. The molecule has 0 aromatic heterocycles. The second-order valence-corrected chi connectivity index (χ2v) is 8.29. The van der Waals surface area contributed by atoms with Crippen LogP contribution in [0.2, 0.25) is 10.0 Å². The number of nitrogens with zero attached hydrogens (tertiary/aromatic N) is 1. The van der Waals surface area contributed by atoms with Crippen LogP contribution in [0.25, 0.3) is 0 Å². The average molecular weight is 374 g/mol. The van der Waals surface area contributed by atoms with Gasteiger partial charge in [0, 0.05) is 24.4 Å². The molecule has 4 nitrogen and oxygen atoms in total. The zero-order chi connectivity index (χ0) is 17.2. The van der Waals surface area contributed by atoms with Gasteiger partial charge in [-0.25, -0.2) is 8.42 Å². The predicted molar refractivity (Wildman–Crippen MR) is 93.5 cm³/mol. The van der Waals surface area contributed by atoms with Crippen LogP contribution in [0.5, 0.6) is 11.5 Å². The molecule has 0 atom stereocenters. The molecule has 2 aromatic rings. The molecular weight excluding hydrogens is 357 g/mol. The topological polar surface area (TPSA) is 46.6 Å². The number of hydrogen-bond acceptors (Lipinski definition) is 4. The van der Waals surface area contributed by atoms with Gasteiger partial charge in [0.2, 0.25) is 0 Å². The molecule has 2 aromatic carbocycles. The van der Waals surface area contributed by atoms with E-state index in [0.29, 0.717) is 28.1 Å². The SMILES string of the molecule is CN(C)Cc1cc(S(C)(=O)=O)ccc1Oc1ccc(Cl)c(Cl)c1. The summed E-state index contributed by atoms with van der Waals surface area (Å²) in [5.41, 5.74) is 0.768. The molecule has 0 saturated carbocycles. The minimum absolute atomic E-state index is 0.260. The summed E-state index contributed by atoms with van der Waals surface area (Å²) in [7, 11) is 0.522. The average Bonchev–Trinajstić information content (AvgIpc) is 2.43. The molecule has 124 valence electrons. The van der Waals surface area contributed by atoms with Crippen LogP contribution in [0.4, 0.5) is 0 Å². The fraction of sp³-hybridized carbons (Fsp3) is 0.250. The van der Waals surface area contributed by atoms with Crippen LogP contribution in [-0.2, 0) is 16.4 Å². The van der Waals surface area contributed by atoms with Crippen molar-refractivity contribution in [2.75, 3.05) is 20.4 Å². The van der Waals surface area contributed by atoms with Crippen molar-refractivity contribution in [2.45, 2.75) is 11.4 Å². The van der Waals surface area contributed by atoms with Gasteiger partial charge in [0.05, 0.1) is 14.9 Å². The number of sulfone groups is 1. The number of ether oxygens (including phenoxy) is 1. The largest absolute Gasteiger partial charge is 0.457 e. The van der Waals surface area contributed by atoms with Crippen molar-refractivity contribution in [1.29, 1.82) is 0 Å². The lowest BCUT2D eigenvalue weighted by atomic mass is 10.2. The number of rotatable bonds is 5. The van der Waals surface area contributed by atoms with Gasteiger partial charge in [0.1, 0.15) is 11.5 Å². The van der Waals surface area contributed by atoms with Crippen molar-refractivity contribution in [3.05, 3.63) is 52.0 Å². The fourth-order valence-corrected chi connectivity index (χ4v) is 2.98. The number of hydrogen-bond donors (Lipinski definition) is 0. The highest BCUT2D eigenvalue weighted by Crippen LogP contribution is 2.32. The first-order valence-electron chi connectivity index (χ1n) is 6.77. The third kappa shape index (κ3) is 4.85. The van der Waals surface area contributed by atoms with Gasteiger partial charge in [0.15, 0.2) is 9.84 Å². The Morgan fingerprint density at radius 2 is 1.74 bits per heavy atom. The zero-order valence-corrected chi connectivity index (χ0v) is 15.3. The monoisotopic (exact) mass is 373 g/mol. The summed E-state index contributed by atoms with van der Waals surface area (Å²) in [6.07, 6.45) is 1.18. The number of halogens is 2. The van der Waals surface area contributed by atoms with Crippen LogP contribution >= 0.6 is 23.2 Å². The first-order chi connectivity index (χ1) is 10.7. The second kappa shape index (κ2) is 7.09. The van der Waals surface area contributed by atoms with Crippen molar-refractivity contribution in [3.63, 3.8) is 0 Å². The Kier molecular flexibility index (Phi) is 5.57. The van der Waals surface area contributed by atoms with Crippen molar-refractivity contribution < 1.29 is 13.2 Å². The molecular formula is C16H17Cl2NO3S. The first-order valence-corrected chi connectivity index (χ1v) is 9.42. The smallest absolute Gasteiger partial charge is 0.175 e. The lowest BCUT2D eigenvalue weighted by molar-refractivity contribution is 0.388. The summed E-state index contributed by atoms with van der Waals surface area (Å²) in [6.45, 7) is 0.542. The van der Waals surface area contributed by atoms with E-state index in [1.54, 1.807) is 30.3 Å². The zero-order valence-electron chi connectivity index (χ0n) is 13.0. The Morgan fingerprint density at radius 3 is 2.30 bits per heavy atom. The van der Waals surface area contributed by atoms with Gasteiger partial charge in [-0.05, 0) is 44.4 Å². The maximum Gasteiger partial charge on any atom is 0.175 e. The van der Waals surface area contributed by atoms with Gasteiger partial charge < -0.3 is 9.64 Å². The molecule has 2 rings (SSSR count). The molecule has 0 bridgehead atoms. The fourth-order valence-electron chi connectivity index (χ4n) is 2.02. The van der Waals surface area contributed by atoms with Gasteiger partial charge in [0.25, 0.3) is 0 Å². The van der Waals surface area contributed by atoms with Crippen LogP contribution in [0, 0.1) is 0 Å². The van der Waals surface area contributed by atoms with Gasteiger partial charge in [-0.15, -0.1) is 0 Å². The van der Waals surface area contributed by atoms with Gasteiger partial charge in [-0.3, -0.25) is 0 Å². The Hall–Kier alpha value is -1.27. The van der Waals surface area contributed by atoms with Crippen LogP contribution in [0.15, 0.2) is 41.3 Å². The molecule has 0 aliphatic carbocycles. The van der Waals surface area contributed by atoms with Crippen molar-refractivity contribution in [3.8, 4) is 11.5 Å². The maximum atomic E-state index is 11.7. The molecule has 0 spiro atoms. The number of benzene rings is 2. The highest BCUT2D eigenvalue weighted by Gasteiger charge is 2.13. The van der Waals surface area contributed by atoms with E-state index in [1.165, 1.54) is 12.3 Å². The van der Waals surface area contributed by atoms with Gasteiger partial charge in [-0.1, -0.05) is 23.2 Å². The summed E-state index contributed by atoms with van der Waals surface area (Å²) < 4.78 is 29.3. The lowest BCUT2D eigenvalue weighted by Gasteiger charge is -2.16. The van der Waals surface area contributed by atoms with Crippen LogP contribution in [0.1, 0.15) is 5.56 Å². The summed E-state index contributed by atoms with van der Waals surface area (Å²) in [6, 6.07) is 9.78. The molecule has 0 radical (unpaired) electrons.